The summed E-state index contributed by atoms with van der Waals surface area (Å²) >= 11 is 1.48. The molecular formula is C22H19FN4OS. The molecule has 4 rings (SSSR count). The lowest BCUT2D eigenvalue weighted by Gasteiger charge is -2.15. The Balaban J connectivity index is 1.54. The molecule has 29 heavy (non-hydrogen) atoms. The fourth-order valence-corrected chi connectivity index (χ4v) is 4.07. The number of carbonyl (C=O) groups excluding carboxylic acids is 1. The summed E-state index contributed by atoms with van der Waals surface area (Å²) in [4.78, 5) is 19.9. The number of thiazole rings is 1. The maximum atomic E-state index is 13.2. The van der Waals surface area contributed by atoms with E-state index in [-0.39, 0.29) is 11.7 Å². The molecule has 0 fully saturated rings. The van der Waals surface area contributed by atoms with Gasteiger partial charge >= 0.3 is 0 Å². The van der Waals surface area contributed by atoms with Gasteiger partial charge in [-0.15, -0.1) is 11.3 Å². The first-order valence-corrected chi connectivity index (χ1v) is 9.91. The Morgan fingerprint density at radius 2 is 1.86 bits per heavy atom. The maximum Gasteiger partial charge on any atom is 0.274 e. The molecule has 0 saturated carbocycles. The molecule has 2 aromatic heterocycles. The minimum atomic E-state index is -0.279. The number of carbonyl (C=O) groups is 1. The van der Waals surface area contributed by atoms with E-state index in [0.29, 0.717) is 12.2 Å². The molecule has 4 aromatic rings. The van der Waals surface area contributed by atoms with Gasteiger partial charge in [0.2, 0.25) is 0 Å². The summed E-state index contributed by atoms with van der Waals surface area (Å²) in [6.07, 6.45) is 0. The second-order valence-electron chi connectivity index (χ2n) is 6.75. The van der Waals surface area contributed by atoms with Crippen molar-refractivity contribution in [1.29, 1.82) is 0 Å². The van der Waals surface area contributed by atoms with Crippen molar-refractivity contribution in [3.05, 3.63) is 83.4 Å². The van der Waals surface area contributed by atoms with Gasteiger partial charge in [0, 0.05) is 19.2 Å². The van der Waals surface area contributed by atoms with Crippen LogP contribution in [0, 0.1) is 12.7 Å². The molecule has 0 spiro atoms. The van der Waals surface area contributed by atoms with Crippen molar-refractivity contribution in [2.24, 2.45) is 0 Å². The van der Waals surface area contributed by atoms with Gasteiger partial charge in [0.1, 0.15) is 10.8 Å². The number of nitrogens with zero attached hydrogens (tertiary/aromatic N) is 3. The summed E-state index contributed by atoms with van der Waals surface area (Å²) in [6, 6.07) is 17.8. The Morgan fingerprint density at radius 3 is 2.59 bits per heavy atom. The Kier molecular flexibility index (Phi) is 5.22. The second kappa shape index (κ2) is 7.97. The standard InChI is InChI=1S/C22H19FN4OS/c1-14-20(29-21(24-14)16-8-10-17(23)11-9-16)18-12-19(26-25-18)22(28)27(2)13-15-6-4-3-5-7-15/h3-12H,13H2,1-2H3,(H,25,26). The molecule has 5 nitrogen and oxygen atoms in total. The molecule has 0 aliphatic carbocycles. The van der Waals surface area contributed by atoms with Crippen LogP contribution < -0.4 is 0 Å². The fourth-order valence-electron chi connectivity index (χ4n) is 3.03. The van der Waals surface area contributed by atoms with E-state index in [0.717, 1.165) is 32.4 Å². The molecule has 1 amide bonds. The van der Waals surface area contributed by atoms with Gasteiger partial charge in [0.15, 0.2) is 5.69 Å². The largest absolute Gasteiger partial charge is 0.336 e. The summed E-state index contributed by atoms with van der Waals surface area (Å²) in [5, 5.41) is 7.95. The normalized spacial score (nSPS) is 10.9. The van der Waals surface area contributed by atoms with Crippen LogP contribution in [0.2, 0.25) is 0 Å². The average molecular weight is 406 g/mol. The Bertz CT molecular complexity index is 1140. The zero-order chi connectivity index (χ0) is 20.4. The van der Waals surface area contributed by atoms with Crippen molar-refractivity contribution < 1.29 is 9.18 Å². The molecule has 146 valence electrons. The van der Waals surface area contributed by atoms with Crippen molar-refractivity contribution in [3.8, 4) is 21.1 Å². The van der Waals surface area contributed by atoms with Gasteiger partial charge in [-0.1, -0.05) is 30.3 Å². The Hall–Kier alpha value is -3.32. The van der Waals surface area contributed by atoms with Crippen molar-refractivity contribution in [2.75, 3.05) is 7.05 Å². The summed E-state index contributed by atoms with van der Waals surface area (Å²) in [6.45, 7) is 2.42. The number of aromatic amines is 1. The number of halogens is 1. The van der Waals surface area contributed by atoms with Crippen LogP contribution in [-0.2, 0) is 6.54 Å². The van der Waals surface area contributed by atoms with Gasteiger partial charge in [-0.25, -0.2) is 9.37 Å². The Morgan fingerprint density at radius 1 is 1.14 bits per heavy atom. The minimum Gasteiger partial charge on any atom is -0.336 e. The number of hydrogen-bond donors (Lipinski definition) is 1. The zero-order valence-electron chi connectivity index (χ0n) is 16.0. The first-order valence-electron chi connectivity index (χ1n) is 9.10. The van der Waals surface area contributed by atoms with E-state index < -0.39 is 0 Å². The summed E-state index contributed by atoms with van der Waals surface area (Å²) in [5.74, 6) is -0.434. The van der Waals surface area contributed by atoms with E-state index in [1.165, 1.54) is 23.5 Å². The highest BCUT2D eigenvalue weighted by Gasteiger charge is 2.19. The highest BCUT2D eigenvalue weighted by molar-refractivity contribution is 7.18. The quantitative estimate of drug-likeness (QED) is 0.512. The van der Waals surface area contributed by atoms with E-state index in [9.17, 15) is 9.18 Å². The van der Waals surface area contributed by atoms with Crippen molar-refractivity contribution in [2.45, 2.75) is 13.5 Å². The summed E-state index contributed by atoms with van der Waals surface area (Å²) in [7, 11) is 1.76. The number of hydrogen-bond acceptors (Lipinski definition) is 4. The lowest BCUT2D eigenvalue weighted by Crippen LogP contribution is -2.26. The summed E-state index contributed by atoms with van der Waals surface area (Å²) in [5.41, 5.74) is 3.83. The number of rotatable bonds is 5. The Labute approximate surface area is 171 Å². The summed E-state index contributed by atoms with van der Waals surface area (Å²) < 4.78 is 13.2. The highest BCUT2D eigenvalue weighted by Crippen LogP contribution is 2.34. The van der Waals surface area contributed by atoms with Crippen LogP contribution in [0.3, 0.4) is 0 Å². The zero-order valence-corrected chi connectivity index (χ0v) is 16.8. The monoisotopic (exact) mass is 406 g/mol. The van der Waals surface area contributed by atoms with E-state index in [1.54, 1.807) is 30.1 Å². The number of nitrogens with one attached hydrogen (secondary N) is 1. The topological polar surface area (TPSA) is 61.9 Å². The van der Waals surface area contributed by atoms with Gasteiger partial charge in [-0.2, -0.15) is 5.10 Å². The van der Waals surface area contributed by atoms with E-state index >= 15 is 0 Å². The first-order chi connectivity index (χ1) is 14.0. The molecule has 0 unspecified atom stereocenters. The highest BCUT2D eigenvalue weighted by atomic mass is 32.1. The third-order valence-corrected chi connectivity index (χ3v) is 5.78. The molecule has 0 aliphatic heterocycles. The van der Waals surface area contributed by atoms with Gasteiger partial charge < -0.3 is 4.90 Å². The average Bonchev–Trinajstić information content (AvgIpc) is 3.35. The van der Waals surface area contributed by atoms with Crippen LogP contribution in [0.4, 0.5) is 4.39 Å². The second-order valence-corrected chi connectivity index (χ2v) is 7.75. The van der Waals surface area contributed by atoms with Gasteiger partial charge in [-0.3, -0.25) is 9.89 Å². The fraction of sp³-hybridized carbons (Fsp3) is 0.136. The van der Waals surface area contributed by atoms with Gasteiger partial charge in [-0.05, 0) is 42.8 Å². The van der Waals surface area contributed by atoms with Gasteiger partial charge in [0.25, 0.3) is 5.91 Å². The lowest BCUT2D eigenvalue weighted by molar-refractivity contribution is 0.0779. The molecule has 0 radical (unpaired) electrons. The number of H-pyrrole nitrogens is 1. The first kappa shape index (κ1) is 19.0. The molecule has 0 aliphatic rings. The van der Waals surface area contributed by atoms with Crippen LogP contribution in [0.1, 0.15) is 21.7 Å². The van der Waals surface area contributed by atoms with Crippen LogP contribution >= 0.6 is 11.3 Å². The van der Waals surface area contributed by atoms with E-state index in [2.05, 4.69) is 15.2 Å². The van der Waals surface area contributed by atoms with E-state index in [4.69, 9.17) is 0 Å². The predicted octanol–water partition coefficient (Wildman–Crippen LogP) is 4.92. The van der Waals surface area contributed by atoms with Crippen molar-refractivity contribution in [3.63, 3.8) is 0 Å². The van der Waals surface area contributed by atoms with Crippen molar-refractivity contribution in [1.82, 2.24) is 20.1 Å². The molecule has 2 heterocycles. The number of aromatic nitrogens is 3. The molecule has 0 atom stereocenters. The third-order valence-electron chi connectivity index (χ3n) is 4.54. The number of aryl methyl sites for hydroxylation is 1. The van der Waals surface area contributed by atoms with Gasteiger partial charge in [0.05, 0.1) is 16.3 Å². The molecule has 7 heteroatoms. The minimum absolute atomic E-state index is 0.155. The van der Waals surface area contributed by atoms with E-state index in [1.807, 2.05) is 37.3 Å². The predicted molar refractivity (Wildman–Crippen MR) is 112 cm³/mol. The number of amides is 1. The number of benzene rings is 2. The lowest BCUT2D eigenvalue weighted by atomic mass is 10.2. The SMILES string of the molecule is Cc1nc(-c2ccc(F)cc2)sc1-c1cc(C(=O)N(C)Cc2ccccc2)n[nH]1. The van der Waals surface area contributed by atoms with Crippen molar-refractivity contribution >= 4 is 17.2 Å². The molecule has 0 bridgehead atoms. The smallest absolute Gasteiger partial charge is 0.274 e. The molecule has 1 N–H and O–H groups in total. The van der Waals surface area contributed by atoms with Crippen LogP contribution in [0.5, 0.6) is 0 Å². The van der Waals surface area contributed by atoms with Crippen LogP contribution in [-0.4, -0.2) is 33.0 Å². The molecular weight excluding hydrogens is 387 g/mol. The van der Waals surface area contributed by atoms with Crippen LogP contribution in [0.25, 0.3) is 21.1 Å². The molecule has 0 saturated heterocycles. The molecule has 2 aromatic carbocycles. The third kappa shape index (κ3) is 4.09. The van der Waals surface area contributed by atoms with Crippen LogP contribution in [0.15, 0.2) is 60.7 Å². The maximum absolute atomic E-state index is 13.2.